The van der Waals surface area contributed by atoms with Crippen molar-refractivity contribution in [3.63, 3.8) is 0 Å². The van der Waals surface area contributed by atoms with E-state index in [1.54, 1.807) is 0 Å². The first-order valence-electron chi connectivity index (χ1n) is 0.783. The molecule has 0 rings (SSSR count). The zero-order valence-corrected chi connectivity index (χ0v) is 7.80. The van der Waals surface area contributed by atoms with Crippen molar-refractivity contribution in [3.8, 4) is 0 Å². The quantitative estimate of drug-likeness (QED) is 0.388. The molecule has 0 spiro atoms. The first-order chi connectivity index (χ1) is 2.00. The van der Waals surface area contributed by atoms with Gasteiger partial charge in [-0.2, -0.15) is 27.0 Å². The molecule has 0 aliphatic rings. The van der Waals surface area contributed by atoms with Crippen LogP contribution in [0.15, 0.2) is 0 Å². The fourth-order valence-corrected chi connectivity index (χ4v) is 0. The lowest BCUT2D eigenvalue weighted by atomic mass is 15.9. The Morgan fingerprint density at radius 2 is 1.29 bits per heavy atom. The molecule has 0 fully saturated rings. The van der Waals surface area contributed by atoms with Crippen molar-refractivity contribution in [3.05, 3.63) is 0 Å². The summed E-state index contributed by atoms with van der Waals surface area (Å²) < 4.78 is 0. The summed E-state index contributed by atoms with van der Waals surface area (Å²) in [6, 6.07) is 0. The van der Waals surface area contributed by atoms with Crippen molar-refractivity contribution in [2.24, 2.45) is 0 Å². The van der Waals surface area contributed by atoms with Gasteiger partial charge < -0.3 is 9.79 Å². The van der Waals surface area contributed by atoms with Crippen LogP contribution in [-0.4, -0.2) is 9.79 Å². The Kier molecular flexibility index (Phi) is 13.0. The Morgan fingerprint density at radius 3 is 1.29 bits per heavy atom. The van der Waals surface area contributed by atoms with Gasteiger partial charge in [-0.1, -0.05) is 12.2 Å². The molecule has 0 atom stereocenters. The molecule has 0 heterocycles. The topological polar surface area (TPSA) is 40.5 Å². The summed E-state index contributed by atoms with van der Waals surface area (Å²) in [7, 11) is 0. The highest BCUT2D eigenvalue weighted by Crippen LogP contribution is 2.39. The zero-order valence-electron chi connectivity index (χ0n) is 3.20. The molecule has 0 saturated heterocycles. The third-order valence-electron chi connectivity index (χ3n) is 0. The van der Waals surface area contributed by atoms with Crippen molar-refractivity contribution in [1.82, 2.24) is 0 Å². The third kappa shape index (κ3) is 91.7. The first-order valence-corrected chi connectivity index (χ1v) is 4.64. The molecule has 0 amide bonds. The molecular weight excluding hydrogens is 191 g/mol. The van der Waals surface area contributed by atoms with Gasteiger partial charge in [-0.05, 0) is 11.8 Å². The van der Waals surface area contributed by atoms with E-state index >= 15 is 0 Å². The average molecular weight is 198 g/mol. The van der Waals surface area contributed by atoms with E-state index in [-0.39, 0.29) is 27.0 Å². The fraction of sp³-hybridized carbons (Fsp3) is 0. The molecule has 2 nitrogen and oxygen atoms in total. The van der Waals surface area contributed by atoms with Crippen molar-refractivity contribution < 1.29 is 9.79 Å². The molecule has 0 aromatic rings. The van der Waals surface area contributed by atoms with Crippen LogP contribution in [0.4, 0.5) is 0 Å². The maximum atomic E-state index is 7.87. The Morgan fingerprint density at radius 1 is 1.29 bits per heavy atom. The molecule has 0 radical (unpaired) electrons. The second-order valence-electron chi connectivity index (χ2n) is 0.513. The van der Waals surface area contributed by atoms with E-state index in [2.05, 4.69) is 24.1 Å². The van der Waals surface area contributed by atoms with Crippen LogP contribution in [0.1, 0.15) is 0 Å². The van der Waals surface area contributed by atoms with Gasteiger partial charge in [-0.25, -0.2) is 0 Å². The van der Waals surface area contributed by atoms with Gasteiger partial charge in [0, 0.05) is 0 Å². The van der Waals surface area contributed by atoms with Crippen LogP contribution < -0.4 is 0 Å². The minimum Gasteiger partial charge on any atom is -0.338 e. The van der Waals surface area contributed by atoms with E-state index in [4.69, 9.17) is 9.79 Å². The van der Waals surface area contributed by atoms with Crippen molar-refractivity contribution in [1.29, 1.82) is 0 Å². The Labute approximate surface area is 66.5 Å². The van der Waals surface area contributed by atoms with Gasteiger partial charge in [0.05, 0.1) is 0 Å². The van der Waals surface area contributed by atoms with Crippen LogP contribution in [0, 0.1) is 0 Å². The van der Waals surface area contributed by atoms with Gasteiger partial charge in [0.1, 0.15) is 0 Å². The number of rotatable bonds is 0. The van der Waals surface area contributed by atoms with Crippen molar-refractivity contribution in [2.75, 3.05) is 0 Å². The summed E-state index contributed by atoms with van der Waals surface area (Å²) in [6.45, 7) is 0. The van der Waals surface area contributed by atoms with Crippen LogP contribution >= 0.6 is 44.9 Å². The zero-order chi connectivity index (χ0) is 4.50. The Bertz CT molecular complexity index is 55.8. The lowest BCUT2D eigenvalue weighted by Gasteiger charge is -1.88. The number of thiol groups is 1. The molecule has 0 aliphatic heterocycles. The highest BCUT2D eigenvalue weighted by atomic mass is 32.9. The molecule has 2 N–H and O–H groups in total. The molecule has 0 aliphatic carbocycles. The predicted octanol–water partition coefficient (Wildman–Crippen LogP) is 0.351. The van der Waals surface area contributed by atoms with E-state index in [0.29, 0.717) is 0 Å². The lowest BCUT2D eigenvalue weighted by Crippen LogP contribution is -1.53. The molecule has 0 saturated carbocycles. The smallest absolute Gasteiger partial charge is 0.239 e. The van der Waals surface area contributed by atoms with Gasteiger partial charge >= 0.3 is 0 Å². The van der Waals surface area contributed by atoms with E-state index in [1.165, 1.54) is 0 Å². The maximum absolute atomic E-state index is 7.87. The van der Waals surface area contributed by atoms with Crippen LogP contribution in [-0.2, 0) is 11.8 Å². The molecule has 0 bridgehead atoms. The van der Waals surface area contributed by atoms with E-state index in [0.717, 1.165) is 0 Å². The third-order valence-corrected chi connectivity index (χ3v) is 0. The highest BCUT2D eigenvalue weighted by Gasteiger charge is 1.90. The summed E-state index contributed by atoms with van der Waals surface area (Å²) in [5, 5.41) is 0. The SMILES string of the molecule is OP(O)(=S)S.S.S. The summed E-state index contributed by atoms with van der Waals surface area (Å²) in [5.74, 6) is 0. The number of hydrogen-bond acceptors (Lipinski definition) is 1. The number of hydrogen-bond donors (Lipinski definition) is 3. The monoisotopic (exact) mass is 198 g/mol. The largest absolute Gasteiger partial charge is 0.338 e. The van der Waals surface area contributed by atoms with Crippen LogP contribution in [0.25, 0.3) is 0 Å². The first kappa shape index (κ1) is 15.8. The van der Waals surface area contributed by atoms with Gasteiger partial charge in [-0.3, -0.25) is 0 Å². The Balaban J connectivity index is -0.0000000800. The molecule has 0 aromatic carbocycles. The standard InChI is InChI=1S/H3O2PS2.2H2S/c1-3(2,4)5;;/h(H3,1,2,4,5);2*1H2. The molecular formula is H7O2PS4. The molecule has 7 heavy (non-hydrogen) atoms. The summed E-state index contributed by atoms with van der Waals surface area (Å²) in [4.78, 5) is 15.7. The normalized spacial score (nSPS) is 8.43. The van der Waals surface area contributed by atoms with Gasteiger partial charge in [-0.15, -0.1) is 0 Å². The second kappa shape index (κ2) is 5.75. The van der Waals surface area contributed by atoms with E-state index in [9.17, 15) is 0 Å². The molecule has 7 heteroatoms. The molecule has 0 aromatic heterocycles. The minimum atomic E-state index is -3.11. The average Bonchev–Trinajstić information content (AvgIpc) is 0.722. The van der Waals surface area contributed by atoms with Gasteiger partial charge in [0.25, 0.3) is 0 Å². The summed E-state index contributed by atoms with van der Waals surface area (Å²) in [6.07, 6.45) is 0. The summed E-state index contributed by atoms with van der Waals surface area (Å²) in [5.41, 5.74) is -3.11. The van der Waals surface area contributed by atoms with Crippen molar-refractivity contribution >= 4 is 56.7 Å². The van der Waals surface area contributed by atoms with E-state index in [1.807, 2.05) is 0 Å². The Hall–Kier alpha value is 1.62. The van der Waals surface area contributed by atoms with Gasteiger partial charge in [0.15, 0.2) is 0 Å². The van der Waals surface area contributed by atoms with E-state index < -0.39 is 5.69 Å². The second-order valence-corrected chi connectivity index (χ2v) is 5.55. The molecule has 0 unspecified atom stereocenters. The van der Waals surface area contributed by atoms with Crippen LogP contribution in [0.5, 0.6) is 0 Å². The summed E-state index contributed by atoms with van der Waals surface area (Å²) >= 11 is 7.07. The fourth-order valence-electron chi connectivity index (χ4n) is 0. The predicted molar refractivity (Wildman–Crippen MR) is 48.5 cm³/mol. The van der Waals surface area contributed by atoms with Crippen LogP contribution in [0.3, 0.4) is 0 Å². The molecule has 48 valence electrons. The van der Waals surface area contributed by atoms with Crippen molar-refractivity contribution in [2.45, 2.75) is 0 Å². The van der Waals surface area contributed by atoms with Crippen LogP contribution in [0.2, 0.25) is 0 Å². The highest BCUT2D eigenvalue weighted by molar-refractivity contribution is 8.59. The van der Waals surface area contributed by atoms with Gasteiger partial charge in [0.2, 0.25) is 5.69 Å². The lowest BCUT2D eigenvalue weighted by molar-refractivity contribution is 0.503. The minimum absolute atomic E-state index is 0. The maximum Gasteiger partial charge on any atom is 0.239 e.